The molecule has 1 aromatic heterocycles. The van der Waals surface area contributed by atoms with E-state index in [0.29, 0.717) is 24.0 Å². The van der Waals surface area contributed by atoms with Crippen LogP contribution in [0.1, 0.15) is 12.6 Å². The van der Waals surface area contributed by atoms with Crippen LogP contribution in [0, 0.1) is 0 Å². The Morgan fingerprint density at radius 1 is 1.20 bits per heavy atom. The maximum atomic E-state index is 12.1. The lowest BCUT2D eigenvalue weighted by atomic mass is 10.3. The van der Waals surface area contributed by atoms with Crippen LogP contribution in [0.4, 0.5) is 10.8 Å². The fourth-order valence-electron chi connectivity index (χ4n) is 2.58. The molecule has 30 heavy (non-hydrogen) atoms. The highest BCUT2D eigenvalue weighted by Crippen LogP contribution is 2.29. The van der Waals surface area contributed by atoms with E-state index in [1.54, 1.807) is 16.4 Å². The van der Waals surface area contributed by atoms with Gasteiger partial charge in [-0.15, -0.1) is 11.3 Å². The Morgan fingerprint density at radius 2 is 2.00 bits per heavy atom. The van der Waals surface area contributed by atoms with E-state index >= 15 is 0 Å². The number of carbonyl (C=O) groups excluding carboxylic acids is 2. The van der Waals surface area contributed by atoms with Crippen molar-refractivity contribution in [2.24, 2.45) is 0 Å². The van der Waals surface area contributed by atoms with E-state index in [-0.39, 0.29) is 11.8 Å². The Morgan fingerprint density at radius 3 is 2.73 bits per heavy atom. The number of amides is 2. The molecule has 6 nitrogen and oxygen atoms in total. The van der Waals surface area contributed by atoms with Gasteiger partial charge in [-0.25, -0.2) is 4.98 Å². The van der Waals surface area contributed by atoms with Gasteiger partial charge in [0.25, 0.3) is 0 Å². The van der Waals surface area contributed by atoms with Gasteiger partial charge in [-0.05, 0) is 36.4 Å². The third kappa shape index (κ3) is 6.27. The van der Waals surface area contributed by atoms with Gasteiger partial charge in [0, 0.05) is 22.9 Å². The first kappa shape index (κ1) is 21.7. The van der Waals surface area contributed by atoms with Gasteiger partial charge in [0.15, 0.2) is 5.13 Å². The minimum absolute atomic E-state index is 0.130. The number of halogens is 1. The van der Waals surface area contributed by atoms with Crippen LogP contribution in [-0.4, -0.2) is 29.9 Å². The van der Waals surface area contributed by atoms with Crippen LogP contribution in [0.3, 0.4) is 0 Å². The number of nitrogens with one attached hydrogen (secondary N) is 1. The van der Waals surface area contributed by atoms with E-state index in [1.165, 1.54) is 24.3 Å². The van der Waals surface area contributed by atoms with E-state index in [1.807, 2.05) is 54.6 Å². The number of hydrogen-bond acceptors (Lipinski definition) is 5. The fourth-order valence-corrected chi connectivity index (χ4v) is 3.81. The zero-order chi connectivity index (χ0) is 21.3. The normalized spacial score (nSPS) is 10.7. The Kier molecular flexibility index (Phi) is 7.75. The van der Waals surface area contributed by atoms with E-state index in [2.05, 4.69) is 26.2 Å². The maximum absolute atomic E-state index is 12.1. The lowest BCUT2D eigenvalue weighted by molar-refractivity contribution is -0.117. The Balaban J connectivity index is 1.52. The molecule has 0 saturated heterocycles. The van der Waals surface area contributed by atoms with Crippen LogP contribution in [0.5, 0.6) is 5.75 Å². The SMILES string of the molecule is CC(=O)N(c1ccccc1)c1nc(/C=C/C(=O)NCCOc2cccc(Br)c2)cs1. The average Bonchev–Trinajstić information content (AvgIpc) is 3.19. The summed E-state index contributed by atoms with van der Waals surface area (Å²) in [6.45, 7) is 2.24. The van der Waals surface area contributed by atoms with Gasteiger partial charge >= 0.3 is 0 Å². The van der Waals surface area contributed by atoms with E-state index in [9.17, 15) is 9.59 Å². The summed E-state index contributed by atoms with van der Waals surface area (Å²) in [4.78, 5) is 30.1. The van der Waals surface area contributed by atoms with E-state index in [0.717, 1.165) is 15.9 Å². The molecular weight excluding hydrogens is 466 g/mol. The topological polar surface area (TPSA) is 71.5 Å². The van der Waals surface area contributed by atoms with E-state index < -0.39 is 0 Å². The summed E-state index contributed by atoms with van der Waals surface area (Å²) in [5, 5.41) is 5.11. The molecule has 0 aliphatic rings. The molecule has 0 aliphatic heterocycles. The van der Waals surface area contributed by atoms with Crippen LogP contribution in [0.15, 0.2) is 70.5 Å². The molecule has 0 aliphatic carbocycles. The smallest absolute Gasteiger partial charge is 0.244 e. The van der Waals surface area contributed by atoms with Crippen molar-refractivity contribution in [3.8, 4) is 5.75 Å². The standard InChI is InChI=1S/C22H20BrN3O3S/c1-16(27)26(19-7-3-2-4-8-19)22-25-18(15-30-22)10-11-21(28)24-12-13-29-20-9-5-6-17(23)14-20/h2-11,14-15H,12-13H2,1H3,(H,24,28)/b11-10+. The number of para-hydroxylation sites is 1. The third-order valence-electron chi connectivity index (χ3n) is 3.90. The monoisotopic (exact) mass is 485 g/mol. The van der Waals surface area contributed by atoms with Crippen LogP contribution in [-0.2, 0) is 9.59 Å². The molecular formula is C22H20BrN3O3S. The van der Waals surface area contributed by atoms with Crippen molar-refractivity contribution >= 4 is 56.0 Å². The fraction of sp³-hybridized carbons (Fsp3) is 0.136. The molecule has 1 heterocycles. The molecule has 1 N–H and O–H groups in total. The van der Waals surface area contributed by atoms with E-state index in [4.69, 9.17) is 4.74 Å². The molecule has 0 fully saturated rings. The highest BCUT2D eigenvalue weighted by molar-refractivity contribution is 9.10. The molecule has 0 unspecified atom stereocenters. The van der Waals surface area contributed by atoms with Crippen LogP contribution >= 0.6 is 27.3 Å². The van der Waals surface area contributed by atoms with Crippen molar-refractivity contribution in [3.05, 3.63) is 76.2 Å². The number of carbonyl (C=O) groups is 2. The number of nitrogens with zero attached hydrogens (tertiary/aromatic N) is 2. The summed E-state index contributed by atoms with van der Waals surface area (Å²) in [6.07, 6.45) is 3.03. The number of anilines is 2. The molecule has 2 amide bonds. The minimum atomic E-state index is -0.242. The molecule has 2 aromatic carbocycles. The molecule has 0 bridgehead atoms. The van der Waals surface area contributed by atoms with Gasteiger partial charge in [-0.2, -0.15) is 0 Å². The largest absolute Gasteiger partial charge is 0.492 e. The first-order valence-electron chi connectivity index (χ1n) is 9.18. The predicted octanol–water partition coefficient (Wildman–Crippen LogP) is 4.80. The van der Waals surface area contributed by atoms with Crippen LogP contribution in [0.2, 0.25) is 0 Å². The van der Waals surface area contributed by atoms with Crippen molar-refractivity contribution in [3.63, 3.8) is 0 Å². The minimum Gasteiger partial charge on any atom is -0.492 e. The molecule has 0 atom stereocenters. The summed E-state index contributed by atoms with van der Waals surface area (Å²) < 4.78 is 6.51. The third-order valence-corrected chi connectivity index (χ3v) is 5.24. The van der Waals surface area contributed by atoms with Gasteiger partial charge in [-0.3, -0.25) is 14.5 Å². The highest BCUT2D eigenvalue weighted by Gasteiger charge is 2.17. The van der Waals surface area contributed by atoms with Crippen molar-refractivity contribution in [2.75, 3.05) is 18.1 Å². The molecule has 154 valence electrons. The number of thiazole rings is 1. The average molecular weight is 486 g/mol. The second kappa shape index (κ2) is 10.7. The van der Waals surface area contributed by atoms with Crippen molar-refractivity contribution in [2.45, 2.75) is 6.92 Å². The zero-order valence-corrected chi connectivity index (χ0v) is 18.7. The summed E-state index contributed by atoms with van der Waals surface area (Å²) in [6, 6.07) is 16.8. The first-order chi connectivity index (χ1) is 14.5. The number of hydrogen-bond donors (Lipinski definition) is 1. The Bertz CT molecular complexity index is 1040. The zero-order valence-electron chi connectivity index (χ0n) is 16.2. The van der Waals surface area contributed by atoms with Gasteiger partial charge < -0.3 is 10.1 Å². The van der Waals surface area contributed by atoms with Crippen LogP contribution < -0.4 is 15.0 Å². The van der Waals surface area contributed by atoms with Gasteiger partial charge in [0.05, 0.1) is 17.9 Å². The number of rotatable bonds is 8. The lowest BCUT2D eigenvalue weighted by Crippen LogP contribution is -2.26. The molecule has 3 aromatic rings. The van der Waals surface area contributed by atoms with Crippen molar-refractivity contribution in [1.29, 1.82) is 0 Å². The molecule has 0 spiro atoms. The molecule has 0 saturated carbocycles. The second-order valence-electron chi connectivity index (χ2n) is 6.18. The van der Waals surface area contributed by atoms with Crippen molar-refractivity contribution in [1.82, 2.24) is 10.3 Å². The Labute approximate surface area is 187 Å². The van der Waals surface area contributed by atoms with Crippen LogP contribution in [0.25, 0.3) is 6.08 Å². The molecule has 3 rings (SSSR count). The summed E-state index contributed by atoms with van der Waals surface area (Å²) in [7, 11) is 0. The quantitative estimate of drug-likeness (QED) is 0.367. The maximum Gasteiger partial charge on any atom is 0.244 e. The lowest BCUT2D eigenvalue weighted by Gasteiger charge is -2.17. The first-order valence-corrected chi connectivity index (χ1v) is 10.9. The number of benzene rings is 2. The van der Waals surface area contributed by atoms with Gasteiger partial charge in [0.2, 0.25) is 11.8 Å². The molecule has 8 heteroatoms. The highest BCUT2D eigenvalue weighted by atomic mass is 79.9. The Hall–Kier alpha value is -2.97. The second-order valence-corrected chi connectivity index (χ2v) is 7.93. The van der Waals surface area contributed by atoms with Gasteiger partial charge in [-0.1, -0.05) is 40.2 Å². The molecule has 0 radical (unpaired) electrons. The summed E-state index contributed by atoms with van der Waals surface area (Å²) >= 11 is 4.72. The number of aromatic nitrogens is 1. The summed E-state index contributed by atoms with van der Waals surface area (Å²) in [5.41, 5.74) is 1.36. The summed E-state index contributed by atoms with van der Waals surface area (Å²) in [5.74, 6) is 0.362. The van der Waals surface area contributed by atoms with Crippen molar-refractivity contribution < 1.29 is 14.3 Å². The number of ether oxygens (including phenoxy) is 1. The van der Waals surface area contributed by atoms with Gasteiger partial charge in [0.1, 0.15) is 12.4 Å². The predicted molar refractivity (Wildman–Crippen MR) is 123 cm³/mol.